The van der Waals surface area contributed by atoms with Crippen LogP contribution in [-0.2, 0) is 19.3 Å². The molecule has 0 aliphatic rings. The number of benzene rings is 1. The minimum Gasteiger partial charge on any atom is -0.366 e. The fourth-order valence-electron chi connectivity index (χ4n) is 3.23. The Morgan fingerprint density at radius 3 is 1.13 bits per heavy atom. The Kier molecular flexibility index (Phi) is 12.6. The van der Waals surface area contributed by atoms with Gasteiger partial charge in [0.15, 0.2) is 0 Å². The third-order valence-corrected chi connectivity index (χ3v) is 11.2. The van der Waals surface area contributed by atoms with Crippen molar-refractivity contribution in [2.75, 3.05) is 16.0 Å². The Hall–Kier alpha value is 0.510. The van der Waals surface area contributed by atoms with Crippen molar-refractivity contribution >= 4 is 113 Å². The first-order valence-corrected chi connectivity index (χ1v) is 14.8. The molecule has 0 aliphatic heterocycles. The average molecular weight is 807 g/mol. The highest BCUT2D eigenvalue weighted by Gasteiger charge is 2.32. The lowest BCUT2D eigenvalue weighted by atomic mass is 9.81. The molecule has 0 radical (unpaired) electrons. The molecule has 6 nitrogen and oxygen atoms in total. The number of amides is 3. The summed E-state index contributed by atoms with van der Waals surface area (Å²) in [5, 5.41) is 1.72. The Morgan fingerprint density at radius 1 is 0.567 bits per heavy atom. The predicted molar refractivity (Wildman–Crippen MR) is 143 cm³/mol. The first-order chi connectivity index (χ1) is 14.0. The number of carbonyl (C=O) groups is 3. The van der Waals surface area contributed by atoms with Gasteiger partial charge >= 0.3 is 0 Å². The molecule has 0 bridgehead atoms. The lowest BCUT2D eigenvalue weighted by Crippen LogP contribution is -2.32. The van der Waals surface area contributed by atoms with Gasteiger partial charge in [0.2, 0.25) is 17.7 Å². The van der Waals surface area contributed by atoms with Crippen molar-refractivity contribution in [1.82, 2.24) is 0 Å². The Balaban J connectivity index is 4.16. The number of hydrogen-bond acceptors (Lipinski definition) is 3. The SMILES string of the molecule is NC(=O)c1c(CC(Br)CBr)c(CC(Br)CBr)c(C(N)=O)c(C(N)=O)c1CC(Br)CBr. The van der Waals surface area contributed by atoms with Crippen LogP contribution in [0.1, 0.15) is 47.8 Å². The van der Waals surface area contributed by atoms with E-state index < -0.39 is 17.7 Å². The van der Waals surface area contributed by atoms with Crippen molar-refractivity contribution in [3.63, 3.8) is 0 Å². The summed E-state index contributed by atoms with van der Waals surface area (Å²) in [4.78, 5) is 37.4. The molecule has 0 saturated carbocycles. The van der Waals surface area contributed by atoms with Crippen molar-refractivity contribution in [3.05, 3.63) is 33.4 Å². The molecule has 0 heterocycles. The normalized spacial score (nSPS) is 14.2. The van der Waals surface area contributed by atoms with Gasteiger partial charge in [0.05, 0.1) is 11.1 Å². The molecule has 3 unspecified atom stereocenters. The molecule has 6 N–H and O–H groups in total. The van der Waals surface area contributed by atoms with E-state index in [1.165, 1.54) is 0 Å². The van der Waals surface area contributed by atoms with E-state index in [2.05, 4.69) is 95.6 Å². The lowest BCUT2D eigenvalue weighted by Gasteiger charge is -2.26. The molecule has 12 heteroatoms. The van der Waals surface area contributed by atoms with E-state index in [1.54, 1.807) is 0 Å². The van der Waals surface area contributed by atoms with Crippen LogP contribution < -0.4 is 17.2 Å². The van der Waals surface area contributed by atoms with Crippen LogP contribution in [0.25, 0.3) is 0 Å². The second-order valence-electron chi connectivity index (χ2n) is 6.52. The van der Waals surface area contributed by atoms with Crippen molar-refractivity contribution in [1.29, 1.82) is 0 Å². The highest BCUT2D eigenvalue weighted by molar-refractivity contribution is 9.12. The Morgan fingerprint density at radius 2 is 0.833 bits per heavy atom. The van der Waals surface area contributed by atoms with Gasteiger partial charge in [0.25, 0.3) is 0 Å². The van der Waals surface area contributed by atoms with Crippen LogP contribution in [0.2, 0.25) is 0 Å². The predicted octanol–water partition coefficient (Wildman–Crippen LogP) is 4.09. The molecular weight excluding hydrogens is 786 g/mol. The maximum Gasteiger partial charge on any atom is 0.249 e. The summed E-state index contributed by atoms with van der Waals surface area (Å²) < 4.78 is 0. The van der Waals surface area contributed by atoms with Crippen LogP contribution in [0.5, 0.6) is 0 Å². The summed E-state index contributed by atoms with van der Waals surface area (Å²) in [5.74, 6) is -2.29. The second kappa shape index (κ2) is 13.3. The molecule has 0 aliphatic carbocycles. The van der Waals surface area contributed by atoms with Gasteiger partial charge < -0.3 is 17.2 Å². The van der Waals surface area contributed by atoms with E-state index in [4.69, 9.17) is 17.2 Å². The number of hydrogen-bond donors (Lipinski definition) is 3. The molecule has 1 aromatic carbocycles. The summed E-state index contributed by atoms with van der Waals surface area (Å²) in [6, 6.07) is 0. The third-order valence-electron chi connectivity index (χ3n) is 4.34. The van der Waals surface area contributed by atoms with Gasteiger partial charge in [-0.3, -0.25) is 14.4 Å². The van der Waals surface area contributed by atoms with Gasteiger partial charge in [-0.05, 0) is 36.0 Å². The van der Waals surface area contributed by atoms with Crippen LogP contribution in [0.15, 0.2) is 0 Å². The number of nitrogens with two attached hydrogens (primary N) is 3. The first kappa shape index (κ1) is 28.5. The zero-order chi connectivity index (χ0) is 23.2. The molecule has 3 atom stereocenters. The maximum atomic E-state index is 12.6. The molecule has 1 aromatic rings. The van der Waals surface area contributed by atoms with Crippen LogP contribution in [0, 0.1) is 0 Å². The van der Waals surface area contributed by atoms with E-state index in [-0.39, 0.29) is 37.6 Å². The summed E-state index contributed by atoms with van der Waals surface area (Å²) >= 11 is 20.8. The molecule has 0 spiro atoms. The summed E-state index contributed by atoms with van der Waals surface area (Å²) in [6.45, 7) is 0. The molecular formula is C18H21Br6N3O3. The number of alkyl halides is 6. The largest absolute Gasteiger partial charge is 0.366 e. The Bertz CT molecular complexity index is 821. The van der Waals surface area contributed by atoms with Crippen LogP contribution in [-0.4, -0.2) is 48.2 Å². The zero-order valence-electron chi connectivity index (χ0n) is 15.7. The van der Waals surface area contributed by atoms with Gasteiger partial charge in [-0.2, -0.15) is 0 Å². The minimum absolute atomic E-state index is 0.0420. The van der Waals surface area contributed by atoms with E-state index in [1.807, 2.05) is 0 Å². The topological polar surface area (TPSA) is 129 Å². The van der Waals surface area contributed by atoms with Crippen molar-refractivity contribution in [3.8, 4) is 0 Å². The smallest absolute Gasteiger partial charge is 0.249 e. The lowest BCUT2D eigenvalue weighted by molar-refractivity contribution is 0.0963. The minimum atomic E-state index is -0.829. The summed E-state index contributed by atoms with van der Waals surface area (Å²) in [5.41, 5.74) is 18.9. The summed E-state index contributed by atoms with van der Waals surface area (Å²) in [6.07, 6.45) is 0.999. The second-order valence-corrected chi connectivity index (χ2v) is 12.3. The maximum absolute atomic E-state index is 12.6. The van der Waals surface area contributed by atoms with Crippen molar-refractivity contribution in [2.24, 2.45) is 17.2 Å². The van der Waals surface area contributed by atoms with E-state index in [0.717, 1.165) is 0 Å². The molecule has 0 saturated heterocycles. The van der Waals surface area contributed by atoms with E-state index in [0.29, 0.717) is 45.5 Å². The van der Waals surface area contributed by atoms with Crippen LogP contribution in [0.4, 0.5) is 0 Å². The highest BCUT2D eigenvalue weighted by Crippen LogP contribution is 2.34. The molecule has 3 amide bonds. The number of rotatable bonds is 12. The highest BCUT2D eigenvalue weighted by atomic mass is 79.9. The number of primary amides is 3. The monoisotopic (exact) mass is 801 g/mol. The molecule has 0 aromatic heterocycles. The van der Waals surface area contributed by atoms with Crippen molar-refractivity contribution < 1.29 is 14.4 Å². The van der Waals surface area contributed by atoms with Crippen LogP contribution in [0.3, 0.4) is 0 Å². The van der Waals surface area contributed by atoms with Crippen LogP contribution >= 0.6 is 95.6 Å². The average Bonchev–Trinajstić information content (AvgIpc) is 2.67. The van der Waals surface area contributed by atoms with E-state index in [9.17, 15) is 14.4 Å². The number of halogens is 6. The van der Waals surface area contributed by atoms with Crippen molar-refractivity contribution in [2.45, 2.75) is 33.7 Å². The van der Waals surface area contributed by atoms with Gasteiger partial charge in [-0.1, -0.05) is 95.6 Å². The fourth-order valence-corrected chi connectivity index (χ4v) is 4.89. The zero-order valence-corrected chi connectivity index (χ0v) is 25.2. The van der Waals surface area contributed by atoms with Gasteiger partial charge in [-0.15, -0.1) is 0 Å². The van der Waals surface area contributed by atoms with Gasteiger partial charge in [-0.25, -0.2) is 0 Å². The molecule has 30 heavy (non-hydrogen) atoms. The summed E-state index contributed by atoms with van der Waals surface area (Å²) in [7, 11) is 0. The number of carbonyl (C=O) groups excluding carboxylic acids is 3. The standard InChI is InChI=1S/C18H21Br6N3O3/c19-4-7(22)1-10-11(2-8(23)5-20)14(17(26)29)15(18(27)30)12(3-9(24)6-21)13(10)16(25)28/h7-9H,1-6H2,(H2,25,28)(H2,26,29)(H2,27,30). The van der Waals surface area contributed by atoms with E-state index >= 15 is 0 Å². The first-order valence-electron chi connectivity index (χ1n) is 8.69. The molecule has 168 valence electrons. The van der Waals surface area contributed by atoms with Gasteiger partial charge in [0, 0.05) is 36.0 Å². The quantitative estimate of drug-likeness (QED) is 0.276. The third kappa shape index (κ3) is 7.26. The molecule has 1 rings (SSSR count). The van der Waals surface area contributed by atoms with Gasteiger partial charge in [0.1, 0.15) is 0 Å². The molecule has 0 fully saturated rings. The fraction of sp³-hybridized carbons (Fsp3) is 0.500. The Labute approximate surface area is 226 Å².